The van der Waals surface area contributed by atoms with Crippen molar-refractivity contribution in [3.8, 4) is 11.5 Å². The van der Waals surface area contributed by atoms with Gasteiger partial charge in [-0.1, -0.05) is 12.1 Å². The van der Waals surface area contributed by atoms with Gasteiger partial charge in [0.2, 0.25) is 0 Å². The molecule has 0 saturated heterocycles. The maximum Gasteiger partial charge on any atom is 0.260 e. The summed E-state index contributed by atoms with van der Waals surface area (Å²) in [6, 6.07) is 7.56. The maximum atomic E-state index is 5.50. The Kier molecular flexibility index (Phi) is 1.48. The van der Waals surface area contributed by atoms with Crippen LogP contribution >= 0.6 is 0 Å². The molecule has 2 rings (SSSR count). The van der Waals surface area contributed by atoms with Crippen LogP contribution in [0, 0.1) is 0 Å². The highest BCUT2D eigenvalue weighted by atomic mass is 16.7. The van der Waals surface area contributed by atoms with E-state index in [0.29, 0.717) is 6.54 Å². The molecule has 1 aliphatic heterocycles. The molecule has 0 amide bonds. The first-order chi connectivity index (χ1) is 5.73. The first-order valence-electron chi connectivity index (χ1n) is 3.91. The topological polar surface area (TPSA) is 44.5 Å². The largest absolute Gasteiger partial charge is 0.447 e. The van der Waals surface area contributed by atoms with Crippen LogP contribution in [0.25, 0.3) is 0 Å². The average molecular weight is 165 g/mol. The third-order valence-electron chi connectivity index (χ3n) is 1.87. The van der Waals surface area contributed by atoms with Crippen molar-refractivity contribution >= 4 is 0 Å². The highest BCUT2D eigenvalue weighted by Crippen LogP contribution is 2.38. The Labute approximate surface area is 71.1 Å². The van der Waals surface area contributed by atoms with Crippen LogP contribution < -0.4 is 15.2 Å². The minimum absolute atomic E-state index is 0.349. The molecule has 0 atom stereocenters. The van der Waals surface area contributed by atoms with E-state index in [2.05, 4.69) is 0 Å². The van der Waals surface area contributed by atoms with E-state index in [1.165, 1.54) is 0 Å². The summed E-state index contributed by atoms with van der Waals surface area (Å²) >= 11 is 0. The van der Waals surface area contributed by atoms with Crippen molar-refractivity contribution < 1.29 is 9.47 Å². The Morgan fingerprint density at radius 2 is 1.75 bits per heavy atom. The van der Waals surface area contributed by atoms with Crippen LogP contribution in [0.5, 0.6) is 11.5 Å². The third-order valence-corrected chi connectivity index (χ3v) is 1.87. The zero-order chi connectivity index (χ0) is 8.60. The van der Waals surface area contributed by atoms with Gasteiger partial charge in [-0.15, -0.1) is 0 Å². The summed E-state index contributed by atoms with van der Waals surface area (Å²) in [5.74, 6) is 0.861. The molecule has 2 N–H and O–H groups in total. The highest BCUT2D eigenvalue weighted by molar-refractivity contribution is 5.42. The fraction of sp³-hybridized carbons (Fsp3) is 0.333. The zero-order valence-electron chi connectivity index (χ0n) is 6.91. The predicted molar refractivity (Wildman–Crippen MR) is 45.2 cm³/mol. The van der Waals surface area contributed by atoms with E-state index in [-0.39, 0.29) is 0 Å². The summed E-state index contributed by atoms with van der Waals surface area (Å²) in [6.07, 6.45) is 0. The third kappa shape index (κ3) is 1.02. The molecule has 3 heteroatoms. The Balaban J connectivity index is 2.33. The normalized spacial score (nSPS) is 17.8. The second-order valence-electron chi connectivity index (χ2n) is 2.99. The Bertz CT molecular complexity index is 273. The molecule has 0 radical (unpaired) electrons. The molecule has 1 aliphatic rings. The quantitative estimate of drug-likeness (QED) is 0.678. The second kappa shape index (κ2) is 2.38. The molecule has 0 spiro atoms. The lowest BCUT2D eigenvalue weighted by Crippen LogP contribution is -2.42. The second-order valence-corrected chi connectivity index (χ2v) is 2.99. The monoisotopic (exact) mass is 165 g/mol. The van der Waals surface area contributed by atoms with Crippen molar-refractivity contribution in [1.29, 1.82) is 0 Å². The van der Waals surface area contributed by atoms with Gasteiger partial charge in [-0.25, -0.2) is 0 Å². The van der Waals surface area contributed by atoms with Crippen LogP contribution in [-0.4, -0.2) is 12.3 Å². The van der Waals surface area contributed by atoms with Crippen molar-refractivity contribution in [3.05, 3.63) is 24.3 Å². The van der Waals surface area contributed by atoms with Gasteiger partial charge >= 0.3 is 0 Å². The van der Waals surface area contributed by atoms with Gasteiger partial charge in [0.05, 0.1) is 6.54 Å². The summed E-state index contributed by atoms with van der Waals surface area (Å²) in [5.41, 5.74) is 5.50. The Morgan fingerprint density at radius 1 is 1.25 bits per heavy atom. The van der Waals surface area contributed by atoms with Crippen molar-refractivity contribution in [1.82, 2.24) is 0 Å². The number of fused-ring (bicyclic) bond motifs is 1. The lowest BCUT2D eigenvalue weighted by Gasteiger charge is -2.20. The smallest absolute Gasteiger partial charge is 0.260 e. The molecule has 12 heavy (non-hydrogen) atoms. The molecule has 0 aromatic heterocycles. The van der Waals surface area contributed by atoms with E-state index in [1.54, 1.807) is 0 Å². The van der Waals surface area contributed by atoms with Gasteiger partial charge in [-0.2, -0.15) is 0 Å². The van der Waals surface area contributed by atoms with E-state index >= 15 is 0 Å². The minimum Gasteiger partial charge on any atom is -0.447 e. The predicted octanol–water partition coefficient (Wildman–Crippen LogP) is 1.13. The first kappa shape index (κ1) is 7.43. The molecular weight excluding hydrogens is 154 g/mol. The number of nitrogens with two attached hydrogens (primary N) is 1. The van der Waals surface area contributed by atoms with Crippen LogP contribution in [0.15, 0.2) is 24.3 Å². The summed E-state index contributed by atoms with van der Waals surface area (Å²) in [5, 5.41) is 0. The van der Waals surface area contributed by atoms with Crippen LogP contribution in [0.3, 0.4) is 0 Å². The van der Waals surface area contributed by atoms with Gasteiger partial charge in [-0.05, 0) is 12.1 Å². The molecule has 0 aliphatic carbocycles. The average Bonchev–Trinajstić information content (AvgIpc) is 2.42. The van der Waals surface area contributed by atoms with Crippen molar-refractivity contribution in [2.24, 2.45) is 5.73 Å². The van der Waals surface area contributed by atoms with Gasteiger partial charge < -0.3 is 15.2 Å². The molecule has 0 fully saturated rings. The van der Waals surface area contributed by atoms with Crippen LogP contribution in [0.1, 0.15) is 6.92 Å². The SMILES string of the molecule is CC1(CN)Oc2ccccc2O1. The van der Waals surface area contributed by atoms with E-state index in [9.17, 15) is 0 Å². The van der Waals surface area contributed by atoms with Crippen LogP contribution in [-0.2, 0) is 0 Å². The lowest BCUT2D eigenvalue weighted by atomic mass is 10.3. The molecule has 1 aromatic carbocycles. The van der Waals surface area contributed by atoms with Crippen LogP contribution in [0.2, 0.25) is 0 Å². The van der Waals surface area contributed by atoms with Crippen molar-refractivity contribution in [3.63, 3.8) is 0 Å². The number of hydrogen-bond donors (Lipinski definition) is 1. The summed E-state index contributed by atoms with van der Waals surface area (Å²) in [4.78, 5) is 0. The standard InChI is InChI=1S/C9H11NO2/c1-9(6-10)11-7-4-2-3-5-8(7)12-9/h2-5H,6,10H2,1H3. The number of hydrogen-bond acceptors (Lipinski definition) is 3. The van der Waals surface area contributed by atoms with E-state index < -0.39 is 5.79 Å². The summed E-state index contributed by atoms with van der Waals surface area (Å²) in [7, 11) is 0. The fourth-order valence-corrected chi connectivity index (χ4v) is 1.19. The maximum absolute atomic E-state index is 5.50. The zero-order valence-corrected chi connectivity index (χ0v) is 6.91. The van der Waals surface area contributed by atoms with Crippen LogP contribution in [0.4, 0.5) is 0 Å². The molecule has 0 bridgehead atoms. The molecule has 0 unspecified atom stereocenters. The Morgan fingerprint density at radius 3 is 2.17 bits per heavy atom. The first-order valence-corrected chi connectivity index (χ1v) is 3.91. The van der Waals surface area contributed by atoms with Crippen molar-refractivity contribution in [2.45, 2.75) is 12.7 Å². The fourth-order valence-electron chi connectivity index (χ4n) is 1.19. The van der Waals surface area contributed by atoms with Gasteiger partial charge in [0.15, 0.2) is 11.5 Å². The van der Waals surface area contributed by atoms with E-state index in [4.69, 9.17) is 15.2 Å². The van der Waals surface area contributed by atoms with Gasteiger partial charge in [0, 0.05) is 6.92 Å². The van der Waals surface area contributed by atoms with E-state index in [1.807, 2.05) is 31.2 Å². The van der Waals surface area contributed by atoms with Gasteiger partial charge in [0.25, 0.3) is 5.79 Å². The van der Waals surface area contributed by atoms with Gasteiger partial charge in [0.1, 0.15) is 0 Å². The number of benzene rings is 1. The molecular formula is C9H11NO2. The molecule has 64 valence electrons. The molecule has 0 saturated carbocycles. The van der Waals surface area contributed by atoms with Gasteiger partial charge in [-0.3, -0.25) is 0 Å². The number of rotatable bonds is 1. The van der Waals surface area contributed by atoms with Crippen molar-refractivity contribution in [2.75, 3.05) is 6.54 Å². The highest BCUT2D eigenvalue weighted by Gasteiger charge is 2.34. The summed E-state index contributed by atoms with van der Waals surface area (Å²) in [6.45, 7) is 2.18. The molecule has 1 heterocycles. The van der Waals surface area contributed by atoms with E-state index in [0.717, 1.165) is 11.5 Å². The number of para-hydroxylation sites is 2. The lowest BCUT2D eigenvalue weighted by molar-refractivity contribution is -0.0521. The summed E-state index contributed by atoms with van der Waals surface area (Å²) < 4.78 is 11.0. The Hall–Kier alpha value is -1.22. The minimum atomic E-state index is -0.677. The molecule has 3 nitrogen and oxygen atoms in total. The molecule has 1 aromatic rings. The number of ether oxygens (including phenoxy) is 2.